The first-order valence-electron chi connectivity index (χ1n) is 11.8. The van der Waals surface area contributed by atoms with Crippen LogP contribution in [0.4, 0.5) is 5.69 Å². The fraction of sp³-hybridized carbons (Fsp3) is 0.571. The highest BCUT2D eigenvalue weighted by molar-refractivity contribution is 5.46. The molecule has 1 aliphatic heterocycles. The Balaban J connectivity index is 0.00000106. The van der Waals surface area contributed by atoms with Gasteiger partial charge in [0.25, 0.3) is 0 Å². The molecule has 2 atom stereocenters. The summed E-state index contributed by atoms with van der Waals surface area (Å²) in [4.78, 5) is 2.15. The van der Waals surface area contributed by atoms with E-state index in [1.54, 1.807) is 0 Å². The number of anilines is 1. The first-order chi connectivity index (χ1) is 14.4. The summed E-state index contributed by atoms with van der Waals surface area (Å²) in [6.45, 7) is 15.5. The number of hydrogen-bond donors (Lipinski definition) is 0. The highest BCUT2D eigenvalue weighted by Gasteiger charge is 2.43. The van der Waals surface area contributed by atoms with E-state index in [2.05, 4.69) is 88.3 Å². The summed E-state index contributed by atoms with van der Waals surface area (Å²) in [5.41, 5.74) is 5.57. The summed E-state index contributed by atoms with van der Waals surface area (Å²) < 4.78 is 6.20. The van der Waals surface area contributed by atoms with E-state index in [9.17, 15) is 0 Å². The lowest BCUT2D eigenvalue weighted by Gasteiger charge is -2.47. The van der Waals surface area contributed by atoms with E-state index < -0.39 is 0 Å². The number of rotatable bonds is 5. The van der Waals surface area contributed by atoms with Gasteiger partial charge in [-0.05, 0) is 62.8 Å². The van der Waals surface area contributed by atoms with Gasteiger partial charge in [0.05, 0.1) is 5.60 Å². The zero-order valence-electron chi connectivity index (χ0n) is 21.0. The molecule has 0 aliphatic carbocycles. The van der Waals surface area contributed by atoms with Gasteiger partial charge in [-0.2, -0.15) is 0 Å². The predicted molar refractivity (Wildman–Crippen MR) is 134 cm³/mol. The minimum absolute atomic E-state index is 0.0350. The molecule has 0 bridgehead atoms. The molecule has 30 heavy (non-hydrogen) atoms. The fourth-order valence-corrected chi connectivity index (χ4v) is 4.28. The average Bonchev–Trinajstić information content (AvgIpc) is 2.77. The average molecular weight is 412 g/mol. The third-order valence-corrected chi connectivity index (χ3v) is 6.15. The molecular weight excluding hydrogens is 366 g/mol. The van der Waals surface area contributed by atoms with E-state index in [1.807, 2.05) is 27.7 Å². The molecule has 168 valence electrons. The standard InChI is InChI=1S/C24H33NO.2C2H6/c1-6-23(3)18-24(15-16-26-23,21-11-7-19(2)8-12-21)17-20-9-13-22(14-10-20)25(4)5;2*1-2/h7-14H,6,15-18H2,1-5H3;2*1-2H3. The SMILES string of the molecule is CC.CC.CCC1(C)CC(Cc2ccc(N(C)C)cc2)(c2ccc(C)cc2)CCO1. The van der Waals surface area contributed by atoms with Gasteiger partial charge < -0.3 is 9.64 Å². The third-order valence-electron chi connectivity index (χ3n) is 6.15. The largest absolute Gasteiger partial charge is 0.378 e. The summed E-state index contributed by atoms with van der Waals surface area (Å²) in [6, 6.07) is 18.2. The minimum atomic E-state index is -0.0350. The van der Waals surface area contributed by atoms with Gasteiger partial charge in [0.2, 0.25) is 0 Å². The maximum Gasteiger partial charge on any atom is 0.0660 e. The quantitative estimate of drug-likeness (QED) is 0.503. The van der Waals surface area contributed by atoms with Crippen LogP contribution in [-0.4, -0.2) is 26.3 Å². The second-order valence-electron chi connectivity index (χ2n) is 8.46. The van der Waals surface area contributed by atoms with Crippen molar-refractivity contribution >= 4 is 5.69 Å². The summed E-state index contributed by atoms with van der Waals surface area (Å²) in [7, 11) is 4.18. The van der Waals surface area contributed by atoms with Gasteiger partial charge in [-0.25, -0.2) is 0 Å². The Labute approximate surface area is 186 Å². The lowest BCUT2D eigenvalue weighted by Crippen LogP contribution is -2.46. The second-order valence-corrected chi connectivity index (χ2v) is 8.46. The van der Waals surface area contributed by atoms with Gasteiger partial charge >= 0.3 is 0 Å². The highest BCUT2D eigenvalue weighted by atomic mass is 16.5. The molecule has 1 aliphatic rings. The van der Waals surface area contributed by atoms with Crippen molar-refractivity contribution in [2.75, 3.05) is 25.6 Å². The Hall–Kier alpha value is -1.80. The number of nitrogens with zero attached hydrogens (tertiary/aromatic N) is 1. The van der Waals surface area contributed by atoms with Crippen molar-refractivity contribution in [1.29, 1.82) is 0 Å². The van der Waals surface area contributed by atoms with E-state index in [-0.39, 0.29) is 11.0 Å². The van der Waals surface area contributed by atoms with Crippen LogP contribution in [0.3, 0.4) is 0 Å². The fourth-order valence-electron chi connectivity index (χ4n) is 4.28. The molecule has 3 rings (SSSR count). The zero-order valence-corrected chi connectivity index (χ0v) is 21.0. The first-order valence-corrected chi connectivity index (χ1v) is 11.8. The van der Waals surface area contributed by atoms with Crippen molar-refractivity contribution in [2.45, 2.75) is 85.2 Å². The van der Waals surface area contributed by atoms with Crippen molar-refractivity contribution in [3.63, 3.8) is 0 Å². The molecule has 2 aromatic rings. The second kappa shape index (κ2) is 12.2. The molecule has 0 saturated carbocycles. The normalized spacial score (nSPS) is 22.8. The maximum atomic E-state index is 6.20. The molecule has 0 radical (unpaired) electrons. The molecule has 0 spiro atoms. The molecule has 0 amide bonds. The molecule has 2 unspecified atom stereocenters. The van der Waals surface area contributed by atoms with Crippen LogP contribution in [0, 0.1) is 6.92 Å². The smallest absolute Gasteiger partial charge is 0.0660 e. The van der Waals surface area contributed by atoms with Crippen LogP contribution in [0.1, 0.15) is 77.5 Å². The minimum Gasteiger partial charge on any atom is -0.378 e. The van der Waals surface area contributed by atoms with E-state index in [4.69, 9.17) is 4.74 Å². The summed E-state index contributed by atoms with van der Waals surface area (Å²) in [6.07, 6.45) is 4.29. The Morgan fingerprint density at radius 3 is 1.97 bits per heavy atom. The van der Waals surface area contributed by atoms with Crippen LogP contribution < -0.4 is 4.90 Å². The van der Waals surface area contributed by atoms with Crippen molar-refractivity contribution in [3.05, 3.63) is 65.2 Å². The summed E-state index contributed by atoms with van der Waals surface area (Å²) >= 11 is 0. The summed E-state index contributed by atoms with van der Waals surface area (Å²) in [5.74, 6) is 0. The van der Waals surface area contributed by atoms with Crippen LogP contribution in [0.25, 0.3) is 0 Å². The predicted octanol–water partition coefficient (Wildman–Crippen LogP) is 7.57. The molecule has 1 fully saturated rings. The molecule has 0 N–H and O–H groups in total. The van der Waals surface area contributed by atoms with Gasteiger partial charge in [0, 0.05) is 31.8 Å². The third kappa shape index (κ3) is 6.60. The monoisotopic (exact) mass is 411 g/mol. The van der Waals surface area contributed by atoms with Crippen molar-refractivity contribution in [2.24, 2.45) is 0 Å². The Bertz CT molecular complexity index is 719. The molecular formula is C28H45NO. The Kier molecular flexibility index (Phi) is 10.6. The van der Waals surface area contributed by atoms with Crippen LogP contribution in [0.15, 0.2) is 48.5 Å². The van der Waals surface area contributed by atoms with E-state index in [0.717, 1.165) is 32.3 Å². The molecule has 1 saturated heterocycles. The van der Waals surface area contributed by atoms with Gasteiger partial charge in [0.1, 0.15) is 0 Å². The lowest BCUT2D eigenvalue weighted by atomic mass is 9.65. The van der Waals surface area contributed by atoms with Gasteiger partial charge in [0.15, 0.2) is 0 Å². The highest BCUT2D eigenvalue weighted by Crippen LogP contribution is 2.45. The van der Waals surface area contributed by atoms with Crippen molar-refractivity contribution < 1.29 is 4.74 Å². The molecule has 2 nitrogen and oxygen atoms in total. The van der Waals surface area contributed by atoms with Crippen LogP contribution >= 0.6 is 0 Å². The van der Waals surface area contributed by atoms with Gasteiger partial charge in [-0.15, -0.1) is 0 Å². The van der Waals surface area contributed by atoms with Crippen LogP contribution in [0.5, 0.6) is 0 Å². The molecule has 1 heterocycles. The number of benzene rings is 2. The van der Waals surface area contributed by atoms with E-state index in [1.165, 1.54) is 22.4 Å². The number of hydrogen-bond acceptors (Lipinski definition) is 2. The maximum absolute atomic E-state index is 6.20. The van der Waals surface area contributed by atoms with Crippen molar-refractivity contribution in [3.8, 4) is 0 Å². The first kappa shape index (κ1) is 26.2. The van der Waals surface area contributed by atoms with E-state index >= 15 is 0 Å². The van der Waals surface area contributed by atoms with Gasteiger partial charge in [-0.3, -0.25) is 0 Å². The Morgan fingerprint density at radius 2 is 1.47 bits per heavy atom. The van der Waals surface area contributed by atoms with Gasteiger partial charge in [-0.1, -0.05) is 76.6 Å². The topological polar surface area (TPSA) is 12.5 Å². The van der Waals surface area contributed by atoms with E-state index in [0.29, 0.717) is 0 Å². The molecule has 0 aromatic heterocycles. The van der Waals surface area contributed by atoms with Crippen LogP contribution in [-0.2, 0) is 16.6 Å². The Morgan fingerprint density at radius 1 is 0.900 bits per heavy atom. The molecule has 2 heteroatoms. The zero-order chi connectivity index (χ0) is 22.8. The number of aryl methyl sites for hydroxylation is 1. The molecule has 2 aromatic carbocycles. The van der Waals surface area contributed by atoms with Crippen molar-refractivity contribution in [1.82, 2.24) is 0 Å². The summed E-state index contributed by atoms with van der Waals surface area (Å²) in [5, 5.41) is 0. The number of ether oxygens (including phenoxy) is 1. The van der Waals surface area contributed by atoms with Crippen LogP contribution in [0.2, 0.25) is 0 Å². The lowest BCUT2D eigenvalue weighted by molar-refractivity contribution is -0.0965.